The van der Waals surface area contributed by atoms with Crippen LogP contribution < -0.4 is 0 Å². The monoisotopic (exact) mass is 497 g/mol. The van der Waals surface area contributed by atoms with Gasteiger partial charge < -0.3 is 15.1 Å². The van der Waals surface area contributed by atoms with Gasteiger partial charge in [-0.2, -0.15) is 0 Å². The average molecular weight is 498 g/mol. The number of hydrogen-bond acceptors (Lipinski definition) is 3. The topological polar surface area (TPSA) is 60.8 Å². The van der Waals surface area contributed by atoms with Crippen LogP contribution in [-0.4, -0.2) is 46.8 Å². The fourth-order valence-electron chi connectivity index (χ4n) is 11.4. The number of aliphatic hydroxyl groups is 2. The van der Waals surface area contributed by atoms with E-state index in [-0.39, 0.29) is 18.1 Å². The van der Waals surface area contributed by atoms with Gasteiger partial charge in [-0.05, 0) is 116 Å². The first kappa shape index (κ1) is 25.4. The van der Waals surface area contributed by atoms with Gasteiger partial charge in [0.25, 0.3) is 0 Å². The lowest BCUT2D eigenvalue weighted by molar-refractivity contribution is -0.172. The second-order valence-electron chi connectivity index (χ2n) is 15.5. The van der Waals surface area contributed by atoms with E-state index in [0.717, 1.165) is 68.9 Å². The zero-order valence-corrected chi connectivity index (χ0v) is 23.4. The van der Waals surface area contributed by atoms with E-state index in [2.05, 4.69) is 38.7 Å². The molecule has 0 unspecified atom stereocenters. The van der Waals surface area contributed by atoms with Gasteiger partial charge in [-0.25, -0.2) is 0 Å². The van der Waals surface area contributed by atoms with Gasteiger partial charge in [0.15, 0.2) is 0 Å². The van der Waals surface area contributed by atoms with Crippen LogP contribution in [0.25, 0.3) is 0 Å². The van der Waals surface area contributed by atoms with Gasteiger partial charge in [0.1, 0.15) is 0 Å². The SMILES string of the molecule is C[C@H](CCC(=O)N1CC2(C1)CC(C)(CO)C2)[C@H]1CC[C@H]2[C@@H]3CC=C4C[C@@H](O)CC[C@]4(C)[C@H]3CC[C@]12C. The molecule has 0 bridgehead atoms. The molecule has 1 heterocycles. The largest absolute Gasteiger partial charge is 0.396 e. The van der Waals surface area contributed by atoms with Crippen molar-refractivity contribution in [3.05, 3.63) is 11.6 Å². The molecular weight excluding hydrogens is 446 g/mol. The molecule has 36 heavy (non-hydrogen) atoms. The molecule has 4 heteroatoms. The highest BCUT2D eigenvalue weighted by atomic mass is 16.3. The minimum atomic E-state index is -0.120. The Morgan fingerprint density at radius 3 is 2.56 bits per heavy atom. The highest BCUT2D eigenvalue weighted by Gasteiger charge is 2.60. The maximum absolute atomic E-state index is 13.0. The molecule has 1 spiro atoms. The van der Waals surface area contributed by atoms with Crippen molar-refractivity contribution >= 4 is 5.91 Å². The molecule has 5 fully saturated rings. The first-order valence-corrected chi connectivity index (χ1v) is 15.3. The third-order valence-electron chi connectivity index (χ3n) is 13.0. The third kappa shape index (κ3) is 3.78. The molecule has 5 aliphatic carbocycles. The number of hydrogen-bond donors (Lipinski definition) is 2. The summed E-state index contributed by atoms with van der Waals surface area (Å²) in [6, 6.07) is 0. The van der Waals surface area contributed by atoms with E-state index >= 15 is 0 Å². The molecule has 8 atom stereocenters. The van der Waals surface area contributed by atoms with E-state index in [9.17, 15) is 15.0 Å². The fraction of sp³-hybridized carbons (Fsp3) is 0.906. The summed E-state index contributed by atoms with van der Waals surface area (Å²) in [5, 5.41) is 19.9. The summed E-state index contributed by atoms with van der Waals surface area (Å²) in [7, 11) is 0. The van der Waals surface area contributed by atoms with E-state index in [1.807, 2.05) is 0 Å². The van der Waals surface area contributed by atoms with Crippen LogP contribution in [0.4, 0.5) is 0 Å². The van der Waals surface area contributed by atoms with Crippen molar-refractivity contribution in [3.63, 3.8) is 0 Å². The second-order valence-corrected chi connectivity index (χ2v) is 15.5. The van der Waals surface area contributed by atoms with Crippen LogP contribution in [0.1, 0.15) is 105 Å². The minimum Gasteiger partial charge on any atom is -0.396 e. The Labute approximate surface area is 219 Å². The number of amides is 1. The van der Waals surface area contributed by atoms with Gasteiger partial charge in [-0.1, -0.05) is 39.3 Å². The lowest BCUT2D eigenvalue weighted by Gasteiger charge is -2.63. The molecule has 202 valence electrons. The third-order valence-corrected chi connectivity index (χ3v) is 13.0. The number of carbonyl (C=O) groups excluding carboxylic acids is 1. The quantitative estimate of drug-likeness (QED) is 0.461. The predicted molar refractivity (Wildman–Crippen MR) is 143 cm³/mol. The maximum atomic E-state index is 13.0. The first-order chi connectivity index (χ1) is 17.0. The van der Waals surface area contributed by atoms with Gasteiger partial charge in [0, 0.05) is 31.5 Å². The smallest absolute Gasteiger partial charge is 0.222 e. The van der Waals surface area contributed by atoms with Crippen molar-refractivity contribution in [1.29, 1.82) is 0 Å². The molecule has 6 aliphatic rings. The average Bonchev–Trinajstić information content (AvgIpc) is 3.16. The Morgan fingerprint density at radius 2 is 1.83 bits per heavy atom. The number of likely N-dealkylation sites (tertiary alicyclic amines) is 1. The van der Waals surface area contributed by atoms with Crippen molar-refractivity contribution in [3.8, 4) is 0 Å². The van der Waals surface area contributed by atoms with Crippen molar-refractivity contribution < 1.29 is 15.0 Å². The second kappa shape index (κ2) is 8.57. The maximum Gasteiger partial charge on any atom is 0.222 e. The van der Waals surface area contributed by atoms with Crippen molar-refractivity contribution in [2.24, 2.45) is 51.2 Å². The van der Waals surface area contributed by atoms with Crippen LogP contribution in [-0.2, 0) is 4.79 Å². The van der Waals surface area contributed by atoms with Gasteiger partial charge in [0.2, 0.25) is 5.91 Å². The van der Waals surface area contributed by atoms with Crippen LogP contribution in [0.2, 0.25) is 0 Å². The summed E-state index contributed by atoms with van der Waals surface area (Å²) in [5.74, 6) is 4.18. The van der Waals surface area contributed by atoms with E-state index in [0.29, 0.717) is 34.5 Å². The molecule has 1 aliphatic heterocycles. The zero-order valence-electron chi connectivity index (χ0n) is 23.4. The summed E-state index contributed by atoms with van der Waals surface area (Å²) in [4.78, 5) is 15.1. The number of aliphatic hydroxyl groups excluding tert-OH is 2. The van der Waals surface area contributed by atoms with Crippen molar-refractivity contribution in [2.75, 3.05) is 19.7 Å². The number of carbonyl (C=O) groups is 1. The van der Waals surface area contributed by atoms with Crippen LogP contribution in [0.5, 0.6) is 0 Å². The van der Waals surface area contributed by atoms with Gasteiger partial charge in [0.05, 0.1) is 6.10 Å². The van der Waals surface area contributed by atoms with Crippen molar-refractivity contribution in [1.82, 2.24) is 4.90 Å². The van der Waals surface area contributed by atoms with Crippen LogP contribution >= 0.6 is 0 Å². The lowest BCUT2D eigenvalue weighted by Crippen LogP contribution is -2.66. The van der Waals surface area contributed by atoms with Gasteiger partial charge in [-0.3, -0.25) is 4.79 Å². The molecule has 2 N–H and O–H groups in total. The Kier molecular flexibility index (Phi) is 6.05. The molecule has 1 saturated heterocycles. The molecule has 0 aromatic rings. The summed E-state index contributed by atoms with van der Waals surface area (Å²) < 4.78 is 0. The number of rotatable bonds is 5. The molecule has 4 nitrogen and oxygen atoms in total. The molecular formula is C32H51NO3. The molecule has 6 rings (SSSR count). The van der Waals surface area contributed by atoms with Crippen LogP contribution in [0.3, 0.4) is 0 Å². The Bertz CT molecular complexity index is 912. The van der Waals surface area contributed by atoms with E-state index in [1.165, 1.54) is 38.5 Å². The van der Waals surface area contributed by atoms with Crippen LogP contribution in [0, 0.1) is 51.2 Å². The zero-order chi connectivity index (χ0) is 25.5. The Morgan fingerprint density at radius 1 is 1.08 bits per heavy atom. The van der Waals surface area contributed by atoms with Gasteiger partial charge >= 0.3 is 0 Å². The Balaban J connectivity index is 1.05. The highest BCUT2D eigenvalue weighted by molar-refractivity contribution is 5.77. The standard InChI is InChI=1S/C32H51NO3/c1-21(5-10-28(36)33-18-32(19-33)16-29(2,17-32)20-34)25-8-9-26-24-7-6-22-15-23(35)11-13-30(22,3)27(24)12-14-31(25,26)4/h6,21,23-27,34-35H,5,7-20H2,1-4H3/t21-,23+,24+,25-,26+,27+,30+,31-/m1/s1. The summed E-state index contributed by atoms with van der Waals surface area (Å²) in [6.07, 6.45) is 16.1. The molecule has 0 radical (unpaired) electrons. The number of fused-ring (bicyclic) bond motifs is 5. The highest BCUT2D eigenvalue weighted by Crippen LogP contribution is 2.67. The molecule has 4 saturated carbocycles. The van der Waals surface area contributed by atoms with E-state index in [1.54, 1.807) is 5.57 Å². The normalized spacial score (nSPS) is 45.0. The predicted octanol–water partition coefficient (Wildman–Crippen LogP) is 5.96. The summed E-state index contributed by atoms with van der Waals surface area (Å²) >= 11 is 0. The minimum absolute atomic E-state index is 0.0997. The summed E-state index contributed by atoms with van der Waals surface area (Å²) in [6.45, 7) is 11.9. The van der Waals surface area contributed by atoms with E-state index < -0.39 is 0 Å². The number of nitrogens with zero attached hydrogens (tertiary/aromatic N) is 1. The number of allylic oxidation sites excluding steroid dienone is 1. The molecule has 1 amide bonds. The fourth-order valence-corrected chi connectivity index (χ4v) is 11.4. The summed E-state index contributed by atoms with van der Waals surface area (Å²) in [5.41, 5.74) is 2.75. The first-order valence-electron chi connectivity index (χ1n) is 15.3. The lowest BCUT2D eigenvalue weighted by atomic mass is 9.47. The van der Waals surface area contributed by atoms with Crippen molar-refractivity contribution in [2.45, 2.75) is 111 Å². The van der Waals surface area contributed by atoms with Crippen LogP contribution in [0.15, 0.2) is 11.6 Å². The Hall–Kier alpha value is -0.870. The van der Waals surface area contributed by atoms with Gasteiger partial charge in [-0.15, -0.1) is 0 Å². The molecule has 0 aromatic carbocycles. The molecule has 0 aromatic heterocycles. The van der Waals surface area contributed by atoms with E-state index in [4.69, 9.17) is 0 Å².